The van der Waals surface area contributed by atoms with Crippen LogP contribution in [-0.2, 0) is 11.3 Å². The van der Waals surface area contributed by atoms with Gasteiger partial charge in [0.15, 0.2) is 10.8 Å². The minimum absolute atomic E-state index is 0.130. The van der Waals surface area contributed by atoms with Crippen LogP contribution < -0.4 is 5.32 Å². The van der Waals surface area contributed by atoms with E-state index in [1.54, 1.807) is 0 Å². The van der Waals surface area contributed by atoms with Crippen molar-refractivity contribution in [3.8, 4) is 0 Å². The molecule has 104 valence electrons. The lowest BCUT2D eigenvalue weighted by molar-refractivity contribution is 0.0690. The van der Waals surface area contributed by atoms with Crippen LogP contribution in [0.2, 0.25) is 0 Å². The molecule has 0 aliphatic carbocycles. The first-order valence-electron chi connectivity index (χ1n) is 5.43. The van der Waals surface area contributed by atoms with E-state index in [2.05, 4.69) is 26.2 Å². The molecule has 0 radical (unpaired) electrons. The number of aromatic carboxylic acids is 1. The second-order valence-corrected chi connectivity index (χ2v) is 5.95. The second kappa shape index (κ2) is 6.49. The number of hydrogen-bond acceptors (Lipinski definition) is 5. The summed E-state index contributed by atoms with van der Waals surface area (Å²) >= 11 is 4.07. The van der Waals surface area contributed by atoms with Gasteiger partial charge >= 0.3 is 12.1 Å². The molecule has 1 amide bonds. The van der Waals surface area contributed by atoms with Gasteiger partial charge in [-0.1, -0.05) is 41.7 Å². The standard InChI is InChI=1S/C12H9BrN2O4S/c13-9-8(10(16)17)14-11(20-9)15-12(18)19-6-7-4-2-1-3-5-7/h1-5H,6H2,(H,16,17)(H,14,15,18). The molecular formula is C12H9BrN2O4S. The van der Waals surface area contributed by atoms with Crippen LogP contribution in [0.5, 0.6) is 0 Å². The number of carbonyl (C=O) groups is 2. The maximum Gasteiger partial charge on any atom is 0.413 e. The molecular weight excluding hydrogens is 348 g/mol. The molecule has 1 aromatic carbocycles. The lowest BCUT2D eigenvalue weighted by Gasteiger charge is -2.04. The Morgan fingerprint density at radius 2 is 2.05 bits per heavy atom. The molecule has 20 heavy (non-hydrogen) atoms. The summed E-state index contributed by atoms with van der Waals surface area (Å²) in [4.78, 5) is 26.1. The van der Waals surface area contributed by atoms with E-state index in [0.29, 0.717) is 3.79 Å². The normalized spacial score (nSPS) is 10.1. The van der Waals surface area contributed by atoms with E-state index in [0.717, 1.165) is 16.9 Å². The molecule has 0 atom stereocenters. The highest BCUT2D eigenvalue weighted by Gasteiger charge is 2.17. The quantitative estimate of drug-likeness (QED) is 0.876. The van der Waals surface area contributed by atoms with Crippen molar-refractivity contribution in [3.05, 3.63) is 45.4 Å². The number of nitrogens with zero attached hydrogens (tertiary/aromatic N) is 1. The minimum Gasteiger partial charge on any atom is -0.476 e. The highest BCUT2D eigenvalue weighted by Crippen LogP contribution is 2.28. The van der Waals surface area contributed by atoms with Crippen molar-refractivity contribution in [1.29, 1.82) is 0 Å². The van der Waals surface area contributed by atoms with Gasteiger partial charge in [-0.25, -0.2) is 14.6 Å². The number of carbonyl (C=O) groups excluding carboxylic acids is 1. The molecule has 2 aromatic rings. The first kappa shape index (κ1) is 14.5. The number of hydrogen-bond donors (Lipinski definition) is 2. The van der Waals surface area contributed by atoms with E-state index in [1.807, 2.05) is 30.3 Å². The Morgan fingerprint density at radius 3 is 2.65 bits per heavy atom. The molecule has 8 heteroatoms. The predicted molar refractivity (Wildman–Crippen MR) is 77.0 cm³/mol. The maximum absolute atomic E-state index is 11.5. The van der Waals surface area contributed by atoms with Gasteiger partial charge in [0.2, 0.25) is 0 Å². The number of carboxylic acid groups (broad SMARTS) is 1. The van der Waals surface area contributed by atoms with Crippen molar-refractivity contribution >= 4 is 44.5 Å². The lowest BCUT2D eigenvalue weighted by Crippen LogP contribution is -2.13. The topological polar surface area (TPSA) is 88.5 Å². The summed E-state index contributed by atoms with van der Waals surface area (Å²) in [5, 5.41) is 11.4. The van der Waals surface area contributed by atoms with Crippen LogP contribution in [0.25, 0.3) is 0 Å². The summed E-state index contributed by atoms with van der Waals surface area (Å²) in [6, 6.07) is 9.21. The zero-order valence-corrected chi connectivity index (χ0v) is 12.4. The number of amides is 1. The smallest absolute Gasteiger partial charge is 0.413 e. The molecule has 2 N–H and O–H groups in total. The maximum atomic E-state index is 11.5. The molecule has 0 aliphatic heterocycles. The van der Waals surface area contributed by atoms with Crippen LogP contribution in [0.3, 0.4) is 0 Å². The summed E-state index contributed by atoms with van der Waals surface area (Å²) in [5.74, 6) is -1.17. The number of thiazole rings is 1. The van der Waals surface area contributed by atoms with Gasteiger partial charge in [-0.05, 0) is 21.5 Å². The Morgan fingerprint density at radius 1 is 1.35 bits per heavy atom. The minimum atomic E-state index is -1.17. The molecule has 0 spiro atoms. The average Bonchev–Trinajstić information content (AvgIpc) is 2.78. The van der Waals surface area contributed by atoms with Gasteiger partial charge in [0, 0.05) is 0 Å². The zero-order valence-electron chi connectivity index (χ0n) is 10.00. The highest BCUT2D eigenvalue weighted by molar-refractivity contribution is 9.11. The summed E-state index contributed by atoms with van der Waals surface area (Å²) in [5.41, 5.74) is 0.711. The van der Waals surface area contributed by atoms with Crippen LogP contribution in [0.4, 0.5) is 9.93 Å². The fourth-order valence-corrected chi connectivity index (χ4v) is 2.72. The predicted octanol–water partition coefficient (Wildman–Crippen LogP) is 3.35. The molecule has 1 aromatic heterocycles. The van der Waals surface area contributed by atoms with Crippen LogP contribution >= 0.6 is 27.3 Å². The molecule has 0 saturated carbocycles. The molecule has 0 unspecified atom stereocenters. The monoisotopic (exact) mass is 356 g/mol. The summed E-state index contributed by atoms with van der Waals surface area (Å²) in [7, 11) is 0. The van der Waals surface area contributed by atoms with Gasteiger partial charge in [-0.2, -0.15) is 0 Å². The van der Waals surface area contributed by atoms with E-state index in [-0.39, 0.29) is 17.4 Å². The average molecular weight is 357 g/mol. The van der Waals surface area contributed by atoms with Gasteiger partial charge in [0.05, 0.1) is 0 Å². The van der Waals surface area contributed by atoms with Crippen molar-refractivity contribution in [1.82, 2.24) is 4.98 Å². The van der Waals surface area contributed by atoms with E-state index < -0.39 is 12.1 Å². The van der Waals surface area contributed by atoms with Gasteiger partial charge < -0.3 is 9.84 Å². The Bertz CT molecular complexity index is 630. The largest absolute Gasteiger partial charge is 0.476 e. The van der Waals surface area contributed by atoms with Gasteiger partial charge in [-0.15, -0.1) is 0 Å². The van der Waals surface area contributed by atoms with Crippen LogP contribution in [-0.4, -0.2) is 22.2 Å². The molecule has 0 bridgehead atoms. The number of nitrogens with one attached hydrogen (secondary N) is 1. The molecule has 0 fully saturated rings. The van der Waals surface area contributed by atoms with Crippen molar-refractivity contribution in [2.75, 3.05) is 5.32 Å². The number of benzene rings is 1. The fourth-order valence-electron chi connectivity index (χ4n) is 1.33. The number of anilines is 1. The van der Waals surface area contributed by atoms with Crippen LogP contribution in [0, 0.1) is 0 Å². The van der Waals surface area contributed by atoms with E-state index in [1.165, 1.54) is 0 Å². The van der Waals surface area contributed by atoms with Crippen LogP contribution in [0.15, 0.2) is 34.1 Å². The first-order valence-corrected chi connectivity index (χ1v) is 7.04. The molecule has 1 heterocycles. The van der Waals surface area contributed by atoms with Crippen molar-refractivity contribution in [3.63, 3.8) is 0 Å². The number of aromatic nitrogens is 1. The Labute approximate surface area is 126 Å². The molecule has 6 nitrogen and oxygen atoms in total. The Balaban J connectivity index is 1.92. The van der Waals surface area contributed by atoms with Crippen molar-refractivity contribution < 1.29 is 19.4 Å². The number of rotatable bonds is 4. The lowest BCUT2D eigenvalue weighted by atomic mass is 10.2. The van der Waals surface area contributed by atoms with Gasteiger partial charge in [0.1, 0.15) is 10.4 Å². The summed E-state index contributed by atoms with van der Waals surface area (Å²) in [6.45, 7) is 0.130. The second-order valence-electron chi connectivity index (χ2n) is 3.63. The van der Waals surface area contributed by atoms with Gasteiger partial charge in [-0.3, -0.25) is 5.32 Å². The Hall–Kier alpha value is -1.93. The van der Waals surface area contributed by atoms with Crippen molar-refractivity contribution in [2.24, 2.45) is 0 Å². The highest BCUT2D eigenvalue weighted by atomic mass is 79.9. The van der Waals surface area contributed by atoms with E-state index in [4.69, 9.17) is 9.84 Å². The third-order valence-corrected chi connectivity index (χ3v) is 3.83. The molecule has 2 rings (SSSR count). The van der Waals surface area contributed by atoms with E-state index >= 15 is 0 Å². The van der Waals surface area contributed by atoms with Crippen LogP contribution in [0.1, 0.15) is 16.1 Å². The fraction of sp³-hybridized carbons (Fsp3) is 0.0833. The van der Waals surface area contributed by atoms with Crippen molar-refractivity contribution in [2.45, 2.75) is 6.61 Å². The number of halogens is 1. The summed E-state index contributed by atoms with van der Waals surface area (Å²) in [6.07, 6.45) is -0.688. The molecule has 0 saturated heterocycles. The Kier molecular flexibility index (Phi) is 4.70. The first-order chi connectivity index (χ1) is 9.56. The zero-order chi connectivity index (χ0) is 14.5. The number of ether oxygens (including phenoxy) is 1. The third kappa shape index (κ3) is 3.78. The van der Waals surface area contributed by atoms with Gasteiger partial charge in [0.25, 0.3) is 0 Å². The number of carboxylic acids is 1. The molecule has 0 aliphatic rings. The van der Waals surface area contributed by atoms with E-state index in [9.17, 15) is 9.59 Å². The summed E-state index contributed by atoms with van der Waals surface area (Å²) < 4.78 is 5.33. The SMILES string of the molecule is O=C(Nc1nc(C(=O)O)c(Br)s1)OCc1ccccc1. The third-order valence-electron chi connectivity index (χ3n) is 2.21.